The van der Waals surface area contributed by atoms with Gasteiger partial charge < -0.3 is 5.32 Å². The van der Waals surface area contributed by atoms with E-state index in [2.05, 4.69) is 67.6 Å². The van der Waals surface area contributed by atoms with Crippen molar-refractivity contribution in [1.82, 2.24) is 5.32 Å². The van der Waals surface area contributed by atoms with E-state index in [-0.39, 0.29) is 28.2 Å². The molecule has 2 heteroatoms. The Morgan fingerprint density at radius 1 is 0.826 bits per heavy atom. The van der Waals surface area contributed by atoms with Crippen LogP contribution in [0.25, 0.3) is 0 Å². The van der Waals surface area contributed by atoms with Crippen LogP contribution < -0.4 is 5.32 Å². The van der Waals surface area contributed by atoms with Gasteiger partial charge in [0.2, 0.25) is 5.91 Å². The molecule has 0 aliphatic rings. The van der Waals surface area contributed by atoms with E-state index in [0.29, 0.717) is 5.92 Å². The van der Waals surface area contributed by atoms with Crippen molar-refractivity contribution >= 4 is 5.91 Å². The van der Waals surface area contributed by atoms with Gasteiger partial charge in [-0.05, 0) is 37.0 Å². The van der Waals surface area contributed by atoms with E-state index >= 15 is 0 Å². The van der Waals surface area contributed by atoms with E-state index in [1.807, 2.05) is 34.6 Å². The highest BCUT2D eigenvalue weighted by Crippen LogP contribution is 2.35. The molecule has 23 heavy (non-hydrogen) atoms. The predicted molar refractivity (Wildman–Crippen MR) is 107 cm³/mol. The molecule has 0 aromatic heterocycles. The molecule has 0 aliphatic heterocycles. The summed E-state index contributed by atoms with van der Waals surface area (Å²) < 4.78 is 0. The fourth-order valence-corrected chi connectivity index (χ4v) is 2.22. The number of nitrogens with one attached hydrogen (secondary N) is 1. The summed E-state index contributed by atoms with van der Waals surface area (Å²) in [7, 11) is 0. The molecule has 0 radical (unpaired) electrons. The van der Waals surface area contributed by atoms with Crippen LogP contribution in [0.5, 0.6) is 0 Å². The first-order valence-electron chi connectivity index (χ1n) is 9.51. The quantitative estimate of drug-likeness (QED) is 0.598. The zero-order valence-corrected chi connectivity index (χ0v) is 18.8. The van der Waals surface area contributed by atoms with Gasteiger partial charge >= 0.3 is 0 Å². The Hall–Kier alpha value is -0.530. The average molecular weight is 330 g/mol. The van der Waals surface area contributed by atoms with Gasteiger partial charge in [-0.3, -0.25) is 4.79 Å². The predicted octanol–water partition coefficient (Wildman–Crippen LogP) is 6.69. The number of carbonyl (C=O) groups is 1. The molecule has 1 amide bonds. The summed E-state index contributed by atoms with van der Waals surface area (Å²) in [4.78, 5) is 12.3. The van der Waals surface area contributed by atoms with Gasteiger partial charge in [-0.1, -0.05) is 83.1 Å². The van der Waals surface area contributed by atoms with Crippen LogP contribution in [0.2, 0.25) is 0 Å². The van der Waals surface area contributed by atoms with Crippen LogP contribution in [-0.4, -0.2) is 11.4 Å². The molecule has 0 aromatic carbocycles. The van der Waals surface area contributed by atoms with Crippen molar-refractivity contribution in [2.24, 2.45) is 22.7 Å². The lowest BCUT2D eigenvalue weighted by molar-refractivity contribution is -0.129. The van der Waals surface area contributed by atoms with E-state index in [9.17, 15) is 4.79 Å². The van der Waals surface area contributed by atoms with E-state index < -0.39 is 0 Å². The minimum Gasteiger partial charge on any atom is -0.351 e. The number of hydrogen-bond donors (Lipinski definition) is 1. The van der Waals surface area contributed by atoms with Crippen LogP contribution in [0.4, 0.5) is 0 Å². The van der Waals surface area contributed by atoms with E-state index in [4.69, 9.17) is 0 Å². The summed E-state index contributed by atoms with van der Waals surface area (Å²) in [6.07, 6.45) is 0.986. The highest BCUT2D eigenvalue weighted by Gasteiger charge is 2.35. The van der Waals surface area contributed by atoms with Crippen LogP contribution >= 0.6 is 0 Å². The van der Waals surface area contributed by atoms with Gasteiger partial charge in [-0.2, -0.15) is 0 Å². The molecule has 142 valence electrons. The van der Waals surface area contributed by atoms with Gasteiger partial charge in [-0.15, -0.1) is 0 Å². The molecule has 0 heterocycles. The highest BCUT2D eigenvalue weighted by atomic mass is 16.2. The van der Waals surface area contributed by atoms with Crippen molar-refractivity contribution in [2.45, 2.75) is 109 Å². The van der Waals surface area contributed by atoms with Crippen LogP contribution in [0.15, 0.2) is 0 Å². The minimum absolute atomic E-state index is 0.00767. The van der Waals surface area contributed by atoms with Crippen molar-refractivity contribution in [2.75, 3.05) is 0 Å². The molecule has 0 bridgehead atoms. The van der Waals surface area contributed by atoms with Crippen molar-refractivity contribution < 1.29 is 4.79 Å². The normalized spacial score (nSPS) is 13.3. The van der Waals surface area contributed by atoms with Crippen LogP contribution in [0, 0.1) is 22.7 Å². The summed E-state index contributed by atoms with van der Waals surface area (Å²) in [5, 5.41) is 3.23. The van der Waals surface area contributed by atoms with Crippen LogP contribution in [-0.2, 0) is 4.79 Å². The molecule has 0 aliphatic carbocycles. The zero-order valence-electron chi connectivity index (χ0n) is 18.8. The third kappa shape index (κ3) is 11.6. The Kier molecular flexibility index (Phi) is 13.2. The zero-order chi connectivity index (χ0) is 19.6. The smallest absolute Gasteiger partial charge is 0.223 e. The van der Waals surface area contributed by atoms with Crippen molar-refractivity contribution in [3.8, 4) is 0 Å². The average Bonchev–Trinajstić information content (AvgIpc) is 2.39. The van der Waals surface area contributed by atoms with Crippen molar-refractivity contribution in [3.05, 3.63) is 0 Å². The third-order valence-electron chi connectivity index (χ3n) is 4.61. The standard InChI is InChI=1S/C17H35NO.2C2H6/c1-12(2)16(7,8)11-17(9,10)18-14(19)13(3)15(4,5)6;2*1-2/h12-13H,11H2,1-10H3,(H,18,19);2*1-2H3. The molecule has 0 saturated heterocycles. The Morgan fingerprint density at radius 3 is 1.43 bits per heavy atom. The number of carbonyl (C=O) groups excluding carboxylic acids is 1. The number of hydrogen-bond acceptors (Lipinski definition) is 1. The fourth-order valence-electron chi connectivity index (χ4n) is 2.22. The maximum absolute atomic E-state index is 12.3. The van der Waals surface area contributed by atoms with E-state index in [0.717, 1.165) is 6.42 Å². The van der Waals surface area contributed by atoms with Crippen molar-refractivity contribution in [1.29, 1.82) is 0 Å². The maximum Gasteiger partial charge on any atom is 0.223 e. The molecule has 1 unspecified atom stereocenters. The molecule has 2 nitrogen and oxygen atoms in total. The molecule has 1 N–H and O–H groups in total. The second kappa shape index (κ2) is 11.1. The lowest BCUT2D eigenvalue weighted by Crippen LogP contribution is -2.50. The highest BCUT2D eigenvalue weighted by molar-refractivity contribution is 5.79. The van der Waals surface area contributed by atoms with Crippen LogP contribution in [0.1, 0.15) is 103 Å². The van der Waals surface area contributed by atoms with Crippen molar-refractivity contribution in [3.63, 3.8) is 0 Å². The summed E-state index contributed by atoms with van der Waals surface area (Å²) in [5.41, 5.74) is 0.0693. The third-order valence-corrected chi connectivity index (χ3v) is 4.61. The second-order valence-electron chi connectivity index (χ2n) is 8.78. The molecular formula is C21H47NO. The fraction of sp³-hybridized carbons (Fsp3) is 0.952. The van der Waals surface area contributed by atoms with Gasteiger partial charge in [-0.25, -0.2) is 0 Å². The molecule has 1 atom stereocenters. The molecule has 0 rings (SSSR count). The minimum atomic E-state index is -0.162. The molecule has 0 saturated carbocycles. The largest absolute Gasteiger partial charge is 0.351 e. The monoisotopic (exact) mass is 329 g/mol. The van der Waals surface area contributed by atoms with Gasteiger partial charge in [0.15, 0.2) is 0 Å². The van der Waals surface area contributed by atoms with Gasteiger partial charge in [0.25, 0.3) is 0 Å². The maximum atomic E-state index is 12.3. The van der Waals surface area contributed by atoms with E-state index in [1.165, 1.54) is 0 Å². The first-order valence-corrected chi connectivity index (χ1v) is 9.51. The lowest BCUT2D eigenvalue weighted by Gasteiger charge is -2.39. The molecule has 0 fully saturated rings. The summed E-state index contributed by atoms with van der Waals surface area (Å²) in [5.74, 6) is 0.787. The summed E-state index contributed by atoms with van der Waals surface area (Å²) >= 11 is 0. The Morgan fingerprint density at radius 2 is 1.17 bits per heavy atom. The summed E-state index contributed by atoms with van der Waals surface area (Å²) in [6, 6.07) is 0. The van der Waals surface area contributed by atoms with Crippen LogP contribution in [0.3, 0.4) is 0 Å². The molecule has 0 aromatic rings. The number of amides is 1. The molecule has 0 spiro atoms. The Labute approximate surface area is 148 Å². The van der Waals surface area contributed by atoms with Gasteiger partial charge in [0, 0.05) is 11.5 Å². The molecular weight excluding hydrogens is 282 g/mol. The van der Waals surface area contributed by atoms with E-state index in [1.54, 1.807) is 0 Å². The summed E-state index contributed by atoms with van der Waals surface area (Å²) in [6.45, 7) is 29.7. The lowest BCUT2D eigenvalue weighted by atomic mass is 9.72. The SMILES string of the molecule is CC.CC.CC(C(=O)NC(C)(C)CC(C)(C)C(C)C)C(C)(C)C. The topological polar surface area (TPSA) is 29.1 Å². The first kappa shape index (κ1) is 27.3. The van der Waals surface area contributed by atoms with Gasteiger partial charge in [0.1, 0.15) is 0 Å². The Balaban J connectivity index is -0.000000919. The van der Waals surface area contributed by atoms with Gasteiger partial charge in [0.05, 0.1) is 0 Å². The Bertz CT molecular complexity index is 308. The number of rotatable bonds is 5. The first-order chi connectivity index (χ1) is 10.2. The second-order valence-corrected chi connectivity index (χ2v) is 8.78.